The normalized spacial score (nSPS) is 15.7. The van der Waals surface area contributed by atoms with Gasteiger partial charge in [0.1, 0.15) is 22.7 Å². The van der Waals surface area contributed by atoms with Crippen LogP contribution < -0.4 is 15.4 Å². The number of nitrogens with zero attached hydrogens (tertiary/aromatic N) is 1. The van der Waals surface area contributed by atoms with E-state index in [1.165, 1.54) is 37.4 Å². The van der Waals surface area contributed by atoms with Gasteiger partial charge < -0.3 is 25.2 Å². The Kier molecular flexibility index (Phi) is 8.51. The molecule has 1 unspecified atom stereocenters. The molecule has 1 aliphatic rings. The van der Waals surface area contributed by atoms with Crippen LogP contribution >= 0.6 is 0 Å². The molecule has 0 aliphatic carbocycles. The molecule has 1 fully saturated rings. The van der Waals surface area contributed by atoms with Crippen LogP contribution in [-0.4, -0.2) is 40.7 Å². The number of ether oxygens (including phenoxy) is 2. The van der Waals surface area contributed by atoms with E-state index in [-0.39, 0.29) is 29.5 Å². The summed E-state index contributed by atoms with van der Waals surface area (Å²) in [5.41, 5.74) is -1.16. The maximum atomic E-state index is 13.6. The molecule has 1 aliphatic heterocycles. The van der Waals surface area contributed by atoms with Crippen LogP contribution in [0.5, 0.6) is 11.5 Å². The van der Waals surface area contributed by atoms with Crippen LogP contribution in [0, 0.1) is 0 Å². The highest BCUT2D eigenvalue weighted by atomic mass is 19.4. The first kappa shape index (κ1) is 28.1. The molecule has 206 valence electrons. The number of aliphatic hydroxyl groups excluding tert-OH is 1. The second-order valence-electron chi connectivity index (χ2n) is 9.22. The number of hydrogen-bond acceptors (Lipinski definition) is 6. The summed E-state index contributed by atoms with van der Waals surface area (Å²) < 4.78 is 51.5. The Morgan fingerprint density at radius 3 is 2.44 bits per heavy atom. The zero-order valence-electron chi connectivity index (χ0n) is 21.1. The van der Waals surface area contributed by atoms with Gasteiger partial charge >= 0.3 is 6.18 Å². The van der Waals surface area contributed by atoms with Crippen LogP contribution in [0.2, 0.25) is 0 Å². The molecular weight excluding hydrogens is 515 g/mol. The van der Waals surface area contributed by atoms with E-state index in [9.17, 15) is 27.9 Å². The van der Waals surface area contributed by atoms with E-state index in [0.29, 0.717) is 31.6 Å². The summed E-state index contributed by atoms with van der Waals surface area (Å²) in [6.07, 6.45) is -3.65. The minimum Gasteiger partial charge on any atom is -0.457 e. The van der Waals surface area contributed by atoms with Crippen LogP contribution in [0.3, 0.4) is 0 Å². The molecule has 3 N–H and O–H groups in total. The molecule has 4 rings (SSSR count). The van der Waals surface area contributed by atoms with E-state index in [1.807, 2.05) is 0 Å². The van der Waals surface area contributed by atoms with E-state index in [4.69, 9.17) is 9.47 Å². The van der Waals surface area contributed by atoms with Crippen LogP contribution in [-0.2, 0) is 22.3 Å². The maximum Gasteiger partial charge on any atom is 0.419 e. The third-order valence-corrected chi connectivity index (χ3v) is 6.43. The molecule has 8 nitrogen and oxygen atoms in total. The van der Waals surface area contributed by atoms with Crippen molar-refractivity contribution in [3.63, 3.8) is 0 Å². The zero-order chi connectivity index (χ0) is 28.0. The Labute approximate surface area is 223 Å². The van der Waals surface area contributed by atoms with Crippen molar-refractivity contribution in [3.8, 4) is 11.5 Å². The highest BCUT2D eigenvalue weighted by Gasteiger charge is 2.41. The summed E-state index contributed by atoms with van der Waals surface area (Å²) >= 11 is 0. The maximum absolute atomic E-state index is 13.6. The number of aromatic nitrogens is 1. The molecule has 0 radical (unpaired) electrons. The quantitative estimate of drug-likeness (QED) is 0.385. The minimum atomic E-state index is -4.67. The summed E-state index contributed by atoms with van der Waals surface area (Å²) in [6.45, 7) is 2.12. The van der Waals surface area contributed by atoms with Crippen molar-refractivity contribution in [2.24, 2.45) is 0 Å². The van der Waals surface area contributed by atoms with Gasteiger partial charge in [-0.3, -0.25) is 14.6 Å². The highest BCUT2D eigenvalue weighted by molar-refractivity contribution is 5.98. The molecule has 1 atom stereocenters. The van der Waals surface area contributed by atoms with Gasteiger partial charge in [-0.25, -0.2) is 0 Å². The first-order valence-corrected chi connectivity index (χ1v) is 12.3. The van der Waals surface area contributed by atoms with Crippen molar-refractivity contribution in [1.29, 1.82) is 0 Å². The second kappa shape index (κ2) is 11.8. The lowest BCUT2D eigenvalue weighted by molar-refractivity contribution is -0.138. The molecule has 3 aromatic rings. The largest absolute Gasteiger partial charge is 0.457 e. The van der Waals surface area contributed by atoms with Crippen molar-refractivity contribution >= 4 is 11.8 Å². The smallest absolute Gasteiger partial charge is 0.419 e. The van der Waals surface area contributed by atoms with Gasteiger partial charge in [-0.2, -0.15) is 13.2 Å². The van der Waals surface area contributed by atoms with Gasteiger partial charge in [0.15, 0.2) is 0 Å². The molecule has 2 amide bonds. The first-order chi connectivity index (χ1) is 18.6. The molecule has 39 heavy (non-hydrogen) atoms. The highest BCUT2D eigenvalue weighted by Crippen LogP contribution is 2.39. The van der Waals surface area contributed by atoms with Crippen molar-refractivity contribution in [3.05, 3.63) is 89.2 Å². The van der Waals surface area contributed by atoms with Crippen molar-refractivity contribution < 1.29 is 37.3 Å². The van der Waals surface area contributed by atoms with Crippen LogP contribution in [0.15, 0.2) is 66.9 Å². The van der Waals surface area contributed by atoms with Crippen molar-refractivity contribution in [2.45, 2.75) is 44.1 Å². The number of alkyl halides is 3. The van der Waals surface area contributed by atoms with Gasteiger partial charge in [0.2, 0.25) is 5.91 Å². The lowest BCUT2D eigenvalue weighted by atomic mass is 9.88. The van der Waals surface area contributed by atoms with Crippen LogP contribution in [0.4, 0.5) is 13.2 Å². The van der Waals surface area contributed by atoms with Crippen LogP contribution in [0.1, 0.15) is 53.0 Å². The fourth-order valence-corrected chi connectivity index (χ4v) is 4.18. The predicted molar refractivity (Wildman–Crippen MR) is 135 cm³/mol. The summed E-state index contributed by atoms with van der Waals surface area (Å²) in [4.78, 5) is 30.0. The van der Waals surface area contributed by atoms with Gasteiger partial charge in [0, 0.05) is 38.8 Å². The first-order valence-electron chi connectivity index (χ1n) is 12.3. The topological polar surface area (TPSA) is 110 Å². The summed E-state index contributed by atoms with van der Waals surface area (Å²) in [6, 6.07) is 14.6. The zero-order valence-corrected chi connectivity index (χ0v) is 21.1. The van der Waals surface area contributed by atoms with E-state index in [0.717, 1.165) is 6.07 Å². The number of pyridine rings is 1. The molecule has 2 heterocycles. The number of benzene rings is 2. The van der Waals surface area contributed by atoms with Gasteiger partial charge in [-0.15, -0.1) is 0 Å². The number of nitrogens with one attached hydrogen (secondary N) is 2. The molecule has 2 aromatic carbocycles. The fourth-order valence-electron chi connectivity index (χ4n) is 4.18. The number of rotatable bonds is 8. The van der Waals surface area contributed by atoms with Crippen molar-refractivity contribution in [2.75, 3.05) is 13.2 Å². The monoisotopic (exact) mass is 543 g/mol. The number of aliphatic hydroxyl groups is 1. The predicted octanol–water partition coefficient (Wildman–Crippen LogP) is 4.54. The molecule has 11 heteroatoms. The third-order valence-electron chi connectivity index (χ3n) is 6.43. The van der Waals surface area contributed by atoms with Gasteiger partial charge in [0.05, 0.1) is 11.7 Å². The average molecular weight is 544 g/mol. The average Bonchev–Trinajstić information content (AvgIpc) is 2.93. The second-order valence-corrected chi connectivity index (χ2v) is 9.22. The van der Waals surface area contributed by atoms with E-state index < -0.39 is 35.0 Å². The van der Waals surface area contributed by atoms with E-state index in [1.54, 1.807) is 30.3 Å². The van der Waals surface area contributed by atoms with Gasteiger partial charge in [-0.1, -0.05) is 24.3 Å². The lowest BCUT2D eigenvalue weighted by Gasteiger charge is -2.36. The molecule has 0 spiro atoms. The minimum absolute atomic E-state index is 0.123. The Morgan fingerprint density at radius 1 is 1.10 bits per heavy atom. The van der Waals surface area contributed by atoms with Crippen molar-refractivity contribution in [1.82, 2.24) is 15.6 Å². The fraction of sp³-hybridized carbons (Fsp3) is 0.321. The van der Waals surface area contributed by atoms with Gasteiger partial charge in [0.25, 0.3) is 5.91 Å². The summed E-state index contributed by atoms with van der Waals surface area (Å²) in [7, 11) is 0. The molecular formula is C28H28F3N3O5. The molecule has 1 saturated heterocycles. The number of halogens is 3. The Balaban J connectivity index is 1.42. The third kappa shape index (κ3) is 6.92. The number of amides is 2. The summed E-state index contributed by atoms with van der Waals surface area (Å²) in [5.74, 6) is -1.06. The van der Waals surface area contributed by atoms with E-state index in [2.05, 4.69) is 15.6 Å². The standard InChI is InChI=1S/C28H28F3N3O5/c1-18(35)20-7-10-24(22(16-20)28(29,30)31)39-21-8-5-19(6-9-21)17-33-26(37)27(11-14-38-15-12-27)34-25(36)23-4-2-3-13-32-23/h2-10,13,16,18,35H,11-12,14-15,17H2,1H3,(H,33,37)(H,34,36). The van der Waals surface area contributed by atoms with E-state index >= 15 is 0 Å². The number of carbonyl (C=O) groups excluding carboxylic acids is 2. The SMILES string of the molecule is CC(O)c1ccc(Oc2ccc(CNC(=O)C3(NC(=O)c4ccccn4)CCOCC3)cc2)c(C(F)(F)F)c1. The number of hydrogen-bond donors (Lipinski definition) is 3. The van der Waals surface area contributed by atoms with Crippen LogP contribution in [0.25, 0.3) is 0 Å². The Hall–Kier alpha value is -3.96. The molecule has 0 saturated carbocycles. The Morgan fingerprint density at radius 2 is 1.82 bits per heavy atom. The summed E-state index contributed by atoms with van der Waals surface area (Å²) in [5, 5.41) is 15.3. The Bertz CT molecular complexity index is 1290. The molecule has 0 bridgehead atoms. The molecule has 1 aromatic heterocycles. The van der Waals surface area contributed by atoms with Gasteiger partial charge in [-0.05, 0) is 54.4 Å². The lowest BCUT2D eigenvalue weighted by Crippen LogP contribution is -2.61. The number of carbonyl (C=O) groups is 2.